The molecule has 0 unspecified atom stereocenters. The van der Waals surface area contributed by atoms with Crippen LogP contribution >= 0.6 is 0 Å². The van der Waals surface area contributed by atoms with E-state index in [1.165, 1.54) is 7.11 Å². The maximum atomic E-state index is 8.58. The smallest absolute Gasteiger partial charge is 0.330 e. The van der Waals surface area contributed by atoms with E-state index in [1.807, 2.05) is 0 Å². The molecule has 0 aliphatic heterocycles. The van der Waals surface area contributed by atoms with Gasteiger partial charge in [-0.1, -0.05) is 12.1 Å². The predicted molar refractivity (Wildman–Crippen MR) is 66.6 cm³/mol. The van der Waals surface area contributed by atoms with Crippen LogP contribution in [0.4, 0.5) is 5.95 Å². The normalized spacial score (nSPS) is 9.68. The number of ether oxygens (including phenoxy) is 2. The average molecular weight is 257 g/mol. The van der Waals surface area contributed by atoms with E-state index in [4.69, 9.17) is 20.5 Å². The van der Waals surface area contributed by atoms with Gasteiger partial charge in [-0.25, -0.2) is 0 Å². The summed E-state index contributed by atoms with van der Waals surface area (Å²) in [7, 11) is 1.43. The number of nitrogens with zero attached hydrogens (tertiary/aromatic N) is 4. The van der Waals surface area contributed by atoms with Crippen molar-refractivity contribution in [3.05, 3.63) is 29.8 Å². The number of rotatable bonds is 4. The summed E-state index contributed by atoms with van der Waals surface area (Å²) in [6, 6.07) is 9.24. The van der Waals surface area contributed by atoms with Crippen molar-refractivity contribution in [2.75, 3.05) is 12.8 Å². The van der Waals surface area contributed by atoms with Crippen molar-refractivity contribution in [3.63, 3.8) is 0 Å². The number of nitrogen functional groups attached to an aromatic ring is 1. The lowest BCUT2D eigenvalue weighted by Crippen LogP contribution is -2.02. The van der Waals surface area contributed by atoms with Crippen LogP contribution in [-0.2, 0) is 6.42 Å². The molecule has 2 N–H and O–H groups in total. The van der Waals surface area contributed by atoms with Gasteiger partial charge >= 0.3 is 12.0 Å². The third-order valence-corrected chi connectivity index (χ3v) is 2.21. The van der Waals surface area contributed by atoms with E-state index >= 15 is 0 Å². The Kier molecular flexibility index (Phi) is 3.73. The van der Waals surface area contributed by atoms with Crippen LogP contribution in [0.5, 0.6) is 17.8 Å². The molecule has 96 valence electrons. The average Bonchev–Trinajstić information content (AvgIpc) is 2.40. The van der Waals surface area contributed by atoms with Gasteiger partial charge < -0.3 is 15.2 Å². The number of anilines is 1. The molecule has 7 nitrogen and oxygen atoms in total. The number of methoxy groups -OCH3 is 1. The van der Waals surface area contributed by atoms with Crippen molar-refractivity contribution in [2.45, 2.75) is 6.42 Å². The highest BCUT2D eigenvalue weighted by Crippen LogP contribution is 2.20. The van der Waals surface area contributed by atoms with Gasteiger partial charge in [0.05, 0.1) is 19.6 Å². The molecule has 19 heavy (non-hydrogen) atoms. The van der Waals surface area contributed by atoms with Crippen LogP contribution in [0.2, 0.25) is 0 Å². The SMILES string of the molecule is COc1nc(N)nc(Oc2ccc(CC#N)cc2)n1. The summed E-state index contributed by atoms with van der Waals surface area (Å²) in [4.78, 5) is 11.5. The molecule has 0 bridgehead atoms. The van der Waals surface area contributed by atoms with Crippen molar-refractivity contribution in [3.8, 4) is 23.8 Å². The highest BCUT2D eigenvalue weighted by atomic mass is 16.5. The maximum absolute atomic E-state index is 8.58. The van der Waals surface area contributed by atoms with Crippen LogP contribution in [0.1, 0.15) is 5.56 Å². The lowest BCUT2D eigenvalue weighted by molar-refractivity contribution is 0.360. The van der Waals surface area contributed by atoms with Gasteiger partial charge in [0.2, 0.25) is 5.95 Å². The minimum absolute atomic E-state index is 0.0166. The van der Waals surface area contributed by atoms with E-state index in [0.29, 0.717) is 12.2 Å². The zero-order valence-electron chi connectivity index (χ0n) is 10.2. The number of nitriles is 1. The Morgan fingerprint density at radius 3 is 2.47 bits per heavy atom. The van der Waals surface area contributed by atoms with Crippen LogP contribution in [0.15, 0.2) is 24.3 Å². The van der Waals surface area contributed by atoms with Crippen LogP contribution in [0.25, 0.3) is 0 Å². The molecule has 1 aromatic carbocycles. The molecule has 2 aromatic rings. The summed E-state index contributed by atoms with van der Waals surface area (Å²) in [5.74, 6) is 0.553. The van der Waals surface area contributed by atoms with Gasteiger partial charge in [0.25, 0.3) is 0 Å². The molecule has 1 heterocycles. The quantitative estimate of drug-likeness (QED) is 0.879. The largest absolute Gasteiger partial charge is 0.467 e. The second kappa shape index (κ2) is 5.64. The van der Waals surface area contributed by atoms with E-state index in [9.17, 15) is 0 Å². The van der Waals surface area contributed by atoms with Gasteiger partial charge in [-0.05, 0) is 17.7 Å². The topological polar surface area (TPSA) is 107 Å². The summed E-state index contributed by atoms with van der Waals surface area (Å²) >= 11 is 0. The highest BCUT2D eigenvalue weighted by molar-refractivity contribution is 5.31. The molecular weight excluding hydrogens is 246 g/mol. The van der Waals surface area contributed by atoms with Gasteiger partial charge in [-0.3, -0.25) is 0 Å². The van der Waals surface area contributed by atoms with Gasteiger partial charge in [-0.2, -0.15) is 15.2 Å². The molecule has 7 heteroatoms. The number of aromatic nitrogens is 3. The second-order valence-corrected chi connectivity index (χ2v) is 3.54. The molecule has 0 amide bonds. The second-order valence-electron chi connectivity index (χ2n) is 3.54. The van der Waals surface area contributed by atoms with Crippen molar-refractivity contribution in [1.29, 1.82) is 5.26 Å². The number of hydrogen-bond acceptors (Lipinski definition) is 7. The number of benzene rings is 1. The fourth-order valence-electron chi connectivity index (χ4n) is 1.36. The van der Waals surface area contributed by atoms with Crippen LogP contribution in [0, 0.1) is 11.3 Å². The monoisotopic (exact) mass is 257 g/mol. The van der Waals surface area contributed by atoms with Crippen LogP contribution in [-0.4, -0.2) is 22.1 Å². The fourth-order valence-corrected chi connectivity index (χ4v) is 1.36. The first-order valence-corrected chi connectivity index (χ1v) is 5.40. The predicted octanol–water partition coefficient (Wildman–Crippen LogP) is 1.32. The van der Waals surface area contributed by atoms with E-state index in [-0.39, 0.29) is 18.0 Å². The summed E-state index contributed by atoms with van der Waals surface area (Å²) in [5, 5.41) is 8.58. The zero-order chi connectivity index (χ0) is 13.7. The Hall–Kier alpha value is -2.88. The van der Waals surface area contributed by atoms with Crippen molar-refractivity contribution >= 4 is 5.95 Å². The van der Waals surface area contributed by atoms with Gasteiger partial charge in [0.15, 0.2) is 0 Å². The van der Waals surface area contributed by atoms with Crippen LogP contribution in [0.3, 0.4) is 0 Å². The Balaban J connectivity index is 2.16. The van der Waals surface area contributed by atoms with Crippen molar-refractivity contribution in [1.82, 2.24) is 15.0 Å². The molecule has 1 aromatic heterocycles. The highest BCUT2D eigenvalue weighted by Gasteiger charge is 2.06. The molecular formula is C12H11N5O2. The number of nitrogens with two attached hydrogens (primary N) is 1. The first kappa shape index (κ1) is 12.6. The van der Waals surface area contributed by atoms with Gasteiger partial charge in [0, 0.05) is 0 Å². The van der Waals surface area contributed by atoms with E-state index in [2.05, 4.69) is 21.0 Å². The summed E-state index contributed by atoms with van der Waals surface area (Å²) in [6.07, 6.45) is 0.354. The molecule has 2 rings (SSSR count). The minimum Gasteiger partial charge on any atom is -0.467 e. The molecule has 0 atom stereocenters. The minimum atomic E-state index is 0.0166. The summed E-state index contributed by atoms with van der Waals surface area (Å²) in [6.45, 7) is 0. The van der Waals surface area contributed by atoms with E-state index in [0.717, 1.165) is 5.56 Å². The fraction of sp³-hybridized carbons (Fsp3) is 0.167. The summed E-state index contributed by atoms with van der Waals surface area (Å²) in [5.41, 5.74) is 6.40. The first-order valence-electron chi connectivity index (χ1n) is 5.40. The lowest BCUT2D eigenvalue weighted by atomic mass is 10.2. The molecule has 0 spiro atoms. The molecule has 0 aliphatic carbocycles. The maximum Gasteiger partial charge on any atom is 0.330 e. The summed E-state index contributed by atoms with van der Waals surface area (Å²) < 4.78 is 10.3. The number of hydrogen-bond donors (Lipinski definition) is 1. The Morgan fingerprint density at radius 2 is 1.84 bits per heavy atom. The molecule has 0 saturated carbocycles. The van der Waals surface area contributed by atoms with Crippen molar-refractivity contribution < 1.29 is 9.47 Å². The standard InChI is InChI=1S/C12H11N5O2/c1-18-11-15-10(14)16-12(17-11)19-9-4-2-8(3-5-9)6-7-13/h2-5H,6H2,1H3,(H2,14,15,16,17). The van der Waals surface area contributed by atoms with Crippen molar-refractivity contribution in [2.24, 2.45) is 0 Å². The molecule has 0 aliphatic rings. The molecule has 0 saturated heterocycles. The third-order valence-electron chi connectivity index (χ3n) is 2.21. The Bertz CT molecular complexity index is 607. The van der Waals surface area contributed by atoms with Gasteiger partial charge in [0.1, 0.15) is 5.75 Å². The zero-order valence-corrected chi connectivity index (χ0v) is 10.2. The lowest BCUT2D eigenvalue weighted by Gasteiger charge is -2.05. The Morgan fingerprint density at radius 1 is 1.16 bits per heavy atom. The third kappa shape index (κ3) is 3.29. The van der Waals surface area contributed by atoms with Crippen LogP contribution < -0.4 is 15.2 Å². The Labute approximate surface area is 109 Å². The van der Waals surface area contributed by atoms with Gasteiger partial charge in [-0.15, -0.1) is 4.98 Å². The molecule has 0 fully saturated rings. The first-order chi connectivity index (χ1) is 9.21. The van der Waals surface area contributed by atoms with E-state index < -0.39 is 0 Å². The van der Waals surface area contributed by atoms with E-state index in [1.54, 1.807) is 24.3 Å². The molecule has 0 radical (unpaired) electrons.